The average Bonchev–Trinajstić information content (AvgIpc) is 3.14. The third-order valence-corrected chi connectivity index (χ3v) is 4.20. The number of anilines is 1. The van der Waals surface area contributed by atoms with E-state index in [2.05, 4.69) is 22.2 Å². The second-order valence-electron chi connectivity index (χ2n) is 5.72. The minimum atomic E-state index is 0.542. The molecule has 0 aliphatic rings. The molecule has 2 aromatic heterocycles. The van der Waals surface area contributed by atoms with Gasteiger partial charge < -0.3 is 15.5 Å². The fourth-order valence-corrected chi connectivity index (χ4v) is 3.10. The molecule has 0 amide bonds. The van der Waals surface area contributed by atoms with Gasteiger partial charge in [0.05, 0.1) is 29.1 Å². The van der Waals surface area contributed by atoms with Gasteiger partial charge in [0.15, 0.2) is 0 Å². The normalized spacial score (nSPS) is 11.5. The standard InChI is InChI=1S/C18H25ClN4O.C2H6/c1-4-6-14(8-9-20)17(19)16-12(2)22-13(3)23-18(16)21-11-15-7-5-10-24-15;1-2/h5,7,10H,4,6,8-9,11,20H2,1-3H3,(H,21,22,23);1-2H3/b17-14-;. The average molecular weight is 379 g/mol. The van der Waals surface area contributed by atoms with Crippen LogP contribution in [0.15, 0.2) is 28.4 Å². The maximum atomic E-state index is 6.73. The summed E-state index contributed by atoms with van der Waals surface area (Å²) in [6, 6.07) is 3.78. The number of furan rings is 1. The summed E-state index contributed by atoms with van der Waals surface area (Å²) in [5, 5.41) is 4.03. The molecule has 26 heavy (non-hydrogen) atoms. The van der Waals surface area contributed by atoms with Crippen molar-refractivity contribution in [1.29, 1.82) is 0 Å². The van der Waals surface area contributed by atoms with Gasteiger partial charge in [-0.2, -0.15) is 0 Å². The second kappa shape index (κ2) is 11.7. The summed E-state index contributed by atoms with van der Waals surface area (Å²) < 4.78 is 5.37. The Morgan fingerprint density at radius 2 is 1.96 bits per heavy atom. The molecule has 3 N–H and O–H groups in total. The summed E-state index contributed by atoms with van der Waals surface area (Å²) in [6.45, 7) is 11.1. The van der Waals surface area contributed by atoms with Crippen molar-refractivity contribution in [2.75, 3.05) is 11.9 Å². The van der Waals surface area contributed by atoms with Gasteiger partial charge in [0.2, 0.25) is 0 Å². The summed E-state index contributed by atoms with van der Waals surface area (Å²) in [5.74, 6) is 2.27. The molecule has 0 aromatic carbocycles. The lowest BCUT2D eigenvalue weighted by molar-refractivity contribution is 0.517. The zero-order valence-corrected chi connectivity index (χ0v) is 17.3. The van der Waals surface area contributed by atoms with Gasteiger partial charge >= 0.3 is 0 Å². The van der Waals surface area contributed by atoms with Crippen LogP contribution in [0.5, 0.6) is 0 Å². The molecule has 0 fully saturated rings. The Labute approximate surface area is 162 Å². The van der Waals surface area contributed by atoms with Crippen molar-refractivity contribution < 1.29 is 4.42 Å². The van der Waals surface area contributed by atoms with Crippen LogP contribution < -0.4 is 11.1 Å². The third-order valence-electron chi connectivity index (χ3n) is 3.74. The summed E-state index contributed by atoms with van der Waals surface area (Å²) in [5.41, 5.74) is 8.61. The van der Waals surface area contributed by atoms with Crippen molar-refractivity contribution >= 4 is 22.5 Å². The lowest BCUT2D eigenvalue weighted by Gasteiger charge is -2.16. The van der Waals surface area contributed by atoms with Crippen molar-refractivity contribution in [3.63, 3.8) is 0 Å². The highest BCUT2D eigenvalue weighted by molar-refractivity contribution is 6.49. The zero-order chi connectivity index (χ0) is 19.5. The molecule has 0 saturated carbocycles. The Morgan fingerprint density at radius 1 is 1.23 bits per heavy atom. The van der Waals surface area contributed by atoms with Crippen molar-refractivity contribution in [3.8, 4) is 0 Å². The Morgan fingerprint density at radius 3 is 2.54 bits per heavy atom. The van der Waals surface area contributed by atoms with Crippen molar-refractivity contribution in [2.45, 2.75) is 60.4 Å². The lowest BCUT2D eigenvalue weighted by Crippen LogP contribution is -2.09. The molecule has 2 rings (SSSR count). The Bertz CT molecular complexity index is 688. The number of nitrogens with two attached hydrogens (primary N) is 1. The zero-order valence-electron chi connectivity index (χ0n) is 16.5. The summed E-state index contributed by atoms with van der Waals surface area (Å²) in [4.78, 5) is 9.02. The van der Waals surface area contributed by atoms with Crippen LogP contribution >= 0.6 is 11.6 Å². The van der Waals surface area contributed by atoms with Crippen molar-refractivity contribution in [1.82, 2.24) is 9.97 Å². The van der Waals surface area contributed by atoms with Gasteiger partial charge in [-0.15, -0.1) is 0 Å². The van der Waals surface area contributed by atoms with E-state index in [1.807, 2.05) is 39.8 Å². The smallest absolute Gasteiger partial charge is 0.139 e. The van der Waals surface area contributed by atoms with Crippen LogP contribution in [0.4, 0.5) is 5.82 Å². The highest BCUT2D eigenvalue weighted by Crippen LogP contribution is 2.33. The van der Waals surface area contributed by atoms with Crippen molar-refractivity contribution in [3.05, 3.63) is 46.8 Å². The number of hydrogen-bond acceptors (Lipinski definition) is 5. The fraction of sp³-hybridized carbons (Fsp3) is 0.500. The highest BCUT2D eigenvalue weighted by Gasteiger charge is 2.17. The van der Waals surface area contributed by atoms with Crippen LogP contribution in [-0.4, -0.2) is 16.5 Å². The number of halogens is 1. The number of rotatable bonds is 8. The minimum absolute atomic E-state index is 0.542. The monoisotopic (exact) mass is 378 g/mol. The Hall–Kier alpha value is -1.85. The van der Waals surface area contributed by atoms with E-state index in [0.717, 1.165) is 47.7 Å². The first kappa shape index (κ1) is 22.2. The molecule has 0 unspecified atom stereocenters. The van der Waals surface area contributed by atoms with Crippen LogP contribution in [0, 0.1) is 13.8 Å². The largest absolute Gasteiger partial charge is 0.467 e. The van der Waals surface area contributed by atoms with Crippen LogP contribution in [-0.2, 0) is 6.54 Å². The molecule has 0 bridgehead atoms. The van der Waals surface area contributed by atoms with Gasteiger partial charge in [-0.05, 0) is 50.9 Å². The van der Waals surface area contributed by atoms with Crippen molar-refractivity contribution in [2.24, 2.45) is 5.73 Å². The van der Waals surface area contributed by atoms with E-state index in [1.54, 1.807) is 6.26 Å². The molecule has 6 heteroatoms. The molecular weight excluding hydrogens is 348 g/mol. The van der Waals surface area contributed by atoms with E-state index in [1.165, 1.54) is 0 Å². The van der Waals surface area contributed by atoms with E-state index < -0.39 is 0 Å². The van der Waals surface area contributed by atoms with Crippen LogP contribution in [0.2, 0.25) is 0 Å². The third kappa shape index (κ3) is 6.15. The van der Waals surface area contributed by atoms with Gasteiger partial charge in [0.1, 0.15) is 17.4 Å². The Balaban J connectivity index is 0.00000163. The first-order valence-corrected chi connectivity index (χ1v) is 9.64. The lowest BCUT2D eigenvalue weighted by atomic mass is 10.0. The van der Waals surface area contributed by atoms with Crippen LogP contribution in [0.25, 0.3) is 5.03 Å². The summed E-state index contributed by atoms with van der Waals surface area (Å²) in [7, 11) is 0. The fourth-order valence-electron chi connectivity index (χ4n) is 2.68. The number of nitrogens with zero attached hydrogens (tertiary/aromatic N) is 2. The van der Waals surface area contributed by atoms with Gasteiger partial charge in [0, 0.05) is 0 Å². The molecule has 0 radical (unpaired) electrons. The number of nitrogens with one attached hydrogen (secondary N) is 1. The van der Waals surface area contributed by atoms with Gasteiger partial charge in [-0.25, -0.2) is 9.97 Å². The molecule has 0 saturated heterocycles. The topological polar surface area (TPSA) is 77.0 Å². The van der Waals surface area contributed by atoms with Gasteiger partial charge in [-0.3, -0.25) is 0 Å². The van der Waals surface area contributed by atoms with Crippen LogP contribution in [0.1, 0.15) is 62.9 Å². The molecule has 0 aliphatic carbocycles. The molecule has 144 valence electrons. The first-order chi connectivity index (χ1) is 12.6. The van der Waals surface area contributed by atoms with E-state index in [0.29, 0.717) is 23.9 Å². The molecule has 2 heterocycles. The van der Waals surface area contributed by atoms with E-state index in [4.69, 9.17) is 21.8 Å². The maximum Gasteiger partial charge on any atom is 0.139 e. The molecular formula is C20H31ClN4O. The number of hydrogen-bond donors (Lipinski definition) is 2. The second-order valence-corrected chi connectivity index (χ2v) is 6.10. The highest BCUT2D eigenvalue weighted by atomic mass is 35.5. The van der Waals surface area contributed by atoms with Gasteiger partial charge in [0.25, 0.3) is 0 Å². The predicted octanol–water partition coefficient (Wildman–Crippen LogP) is 5.42. The molecule has 0 atom stereocenters. The Kier molecular flexibility index (Phi) is 9.99. The summed E-state index contributed by atoms with van der Waals surface area (Å²) >= 11 is 6.73. The summed E-state index contributed by atoms with van der Waals surface area (Å²) in [6.07, 6.45) is 4.37. The SMILES string of the molecule is CC.CCC/C(CCN)=C(/Cl)c1c(C)nc(C)nc1NCc1ccco1. The predicted molar refractivity (Wildman–Crippen MR) is 110 cm³/mol. The van der Waals surface area contributed by atoms with E-state index >= 15 is 0 Å². The first-order valence-electron chi connectivity index (χ1n) is 9.26. The van der Waals surface area contributed by atoms with E-state index in [9.17, 15) is 0 Å². The molecule has 0 aliphatic heterocycles. The maximum absolute atomic E-state index is 6.73. The minimum Gasteiger partial charge on any atom is -0.467 e. The number of aryl methyl sites for hydroxylation is 2. The quantitative estimate of drug-likeness (QED) is 0.640. The van der Waals surface area contributed by atoms with Gasteiger partial charge in [-0.1, -0.05) is 38.8 Å². The van der Waals surface area contributed by atoms with Crippen LogP contribution in [0.3, 0.4) is 0 Å². The number of aromatic nitrogens is 2. The molecule has 5 nitrogen and oxygen atoms in total. The molecule has 2 aromatic rings. The molecule has 0 spiro atoms. The van der Waals surface area contributed by atoms with E-state index in [-0.39, 0.29) is 0 Å².